The monoisotopic (exact) mass is 509 g/mol. The van der Waals surface area contributed by atoms with Crippen molar-refractivity contribution < 1.29 is 24.3 Å². The van der Waals surface area contributed by atoms with E-state index < -0.39 is 47.9 Å². The third kappa shape index (κ3) is 10.7. The van der Waals surface area contributed by atoms with Gasteiger partial charge < -0.3 is 32.5 Å². The Morgan fingerprint density at radius 2 is 1.60 bits per heavy atom. The SMILES string of the molecule is CCC(C)C(NC(=O)C(N)Cc1ccccc1)C(=O)NC(CS)C(=O)NC(CCCCN)C(=O)O. The van der Waals surface area contributed by atoms with Gasteiger partial charge in [-0.05, 0) is 43.7 Å². The number of carboxylic acids is 1. The van der Waals surface area contributed by atoms with Crippen molar-refractivity contribution in [2.45, 2.75) is 70.1 Å². The molecule has 8 N–H and O–H groups in total. The molecule has 10 nitrogen and oxygen atoms in total. The predicted molar refractivity (Wildman–Crippen MR) is 138 cm³/mol. The largest absolute Gasteiger partial charge is 0.480 e. The number of rotatable bonds is 16. The van der Waals surface area contributed by atoms with Crippen LogP contribution in [0.1, 0.15) is 45.1 Å². The van der Waals surface area contributed by atoms with Crippen molar-refractivity contribution in [2.24, 2.45) is 17.4 Å². The number of amides is 3. The van der Waals surface area contributed by atoms with Crippen molar-refractivity contribution in [3.8, 4) is 0 Å². The van der Waals surface area contributed by atoms with Crippen molar-refractivity contribution in [3.63, 3.8) is 0 Å². The fourth-order valence-corrected chi connectivity index (χ4v) is 3.66. The molecule has 0 saturated carbocycles. The number of carboxylic acid groups (broad SMARTS) is 1. The fraction of sp³-hybridized carbons (Fsp3) is 0.583. The molecule has 0 spiro atoms. The zero-order valence-corrected chi connectivity index (χ0v) is 21.3. The van der Waals surface area contributed by atoms with Crippen molar-refractivity contribution in [1.29, 1.82) is 0 Å². The lowest BCUT2D eigenvalue weighted by Crippen LogP contribution is -2.59. The number of aliphatic carboxylic acids is 1. The van der Waals surface area contributed by atoms with E-state index in [1.165, 1.54) is 0 Å². The molecule has 11 heteroatoms. The summed E-state index contributed by atoms with van der Waals surface area (Å²) in [5, 5.41) is 17.1. The first-order valence-electron chi connectivity index (χ1n) is 11.9. The van der Waals surface area contributed by atoms with Crippen LogP contribution in [0.4, 0.5) is 0 Å². The molecule has 35 heavy (non-hydrogen) atoms. The smallest absolute Gasteiger partial charge is 0.326 e. The molecule has 1 aromatic rings. The summed E-state index contributed by atoms with van der Waals surface area (Å²) in [5.74, 6) is -3.17. The first-order chi connectivity index (χ1) is 16.6. The molecular formula is C24H39N5O5S. The third-order valence-corrected chi connectivity index (χ3v) is 6.17. The van der Waals surface area contributed by atoms with Gasteiger partial charge in [0.2, 0.25) is 17.7 Å². The molecule has 0 fully saturated rings. The van der Waals surface area contributed by atoms with E-state index in [0.717, 1.165) is 5.56 Å². The maximum atomic E-state index is 13.1. The summed E-state index contributed by atoms with van der Waals surface area (Å²) in [5.41, 5.74) is 12.4. The molecule has 0 bridgehead atoms. The van der Waals surface area contributed by atoms with E-state index in [4.69, 9.17) is 11.5 Å². The van der Waals surface area contributed by atoms with E-state index in [2.05, 4.69) is 28.6 Å². The van der Waals surface area contributed by atoms with E-state index in [-0.39, 0.29) is 18.1 Å². The number of carbonyl (C=O) groups is 4. The molecule has 1 aromatic carbocycles. The minimum absolute atomic E-state index is 0.0542. The third-order valence-electron chi connectivity index (χ3n) is 5.81. The zero-order chi connectivity index (χ0) is 26.4. The highest BCUT2D eigenvalue weighted by atomic mass is 32.1. The van der Waals surface area contributed by atoms with E-state index in [1.807, 2.05) is 37.3 Å². The van der Waals surface area contributed by atoms with E-state index in [9.17, 15) is 24.3 Å². The first kappa shape index (κ1) is 30.4. The molecule has 0 aromatic heterocycles. The lowest BCUT2D eigenvalue weighted by molar-refractivity contribution is -0.142. The first-order valence-corrected chi connectivity index (χ1v) is 12.5. The molecular weight excluding hydrogens is 470 g/mol. The highest BCUT2D eigenvalue weighted by molar-refractivity contribution is 7.80. The van der Waals surface area contributed by atoms with Gasteiger partial charge in [0.25, 0.3) is 0 Å². The predicted octanol–water partition coefficient (Wildman–Crippen LogP) is 0.200. The Bertz CT molecular complexity index is 826. The molecule has 0 saturated heterocycles. The number of hydrogen-bond donors (Lipinski definition) is 7. The van der Waals surface area contributed by atoms with E-state index in [1.54, 1.807) is 6.92 Å². The van der Waals surface area contributed by atoms with Crippen LogP contribution in [-0.4, -0.2) is 65.3 Å². The number of hydrogen-bond acceptors (Lipinski definition) is 7. The van der Waals surface area contributed by atoms with E-state index in [0.29, 0.717) is 32.2 Å². The topological polar surface area (TPSA) is 177 Å². The molecule has 0 aliphatic rings. The Morgan fingerprint density at radius 1 is 0.971 bits per heavy atom. The van der Waals surface area contributed by atoms with Gasteiger partial charge in [-0.1, -0.05) is 50.6 Å². The molecule has 196 valence electrons. The summed E-state index contributed by atoms with van der Waals surface area (Å²) in [6.45, 7) is 4.11. The minimum Gasteiger partial charge on any atom is -0.480 e. The molecule has 0 aliphatic carbocycles. The Morgan fingerprint density at radius 3 is 2.14 bits per heavy atom. The second kappa shape index (κ2) is 16.1. The van der Waals surface area contributed by atoms with Gasteiger partial charge in [0, 0.05) is 5.75 Å². The maximum Gasteiger partial charge on any atom is 0.326 e. The summed E-state index contributed by atoms with van der Waals surface area (Å²) < 4.78 is 0. The Kier molecular flexibility index (Phi) is 14.0. The Balaban J connectivity index is 2.83. The van der Waals surface area contributed by atoms with Crippen LogP contribution in [0.3, 0.4) is 0 Å². The average molecular weight is 510 g/mol. The zero-order valence-electron chi connectivity index (χ0n) is 20.4. The van der Waals surface area contributed by atoms with E-state index >= 15 is 0 Å². The Hall–Kier alpha value is -2.63. The second-order valence-corrected chi connectivity index (χ2v) is 8.96. The maximum absolute atomic E-state index is 13.1. The van der Waals surface area contributed by atoms with Gasteiger partial charge in [0.05, 0.1) is 6.04 Å². The van der Waals surface area contributed by atoms with Gasteiger partial charge in [-0.2, -0.15) is 12.6 Å². The van der Waals surface area contributed by atoms with Crippen LogP contribution in [-0.2, 0) is 25.6 Å². The summed E-state index contributed by atoms with van der Waals surface area (Å²) in [6, 6.07) is 5.33. The number of nitrogens with two attached hydrogens (primary N) is 2. The lowest BCUT2D eigenvalue weighted by atomic mass is 9.97. The quantitative estimate of drug-likeness (QED) is 0.123. The van der Waals surface area contributed by atoms with Crippen LogP contribution in [0.2, 0.25) is 0 Å². The van der Waals surface area contributed by atoms with Crippen LogP contribution in [0.15, 0.2) is 30.3 Å². The number of thiol groups is 1. The Labute approximate surface area is 212 Å². The summed E-state index contributed by atoms with van der Waals surface area (Å²) >= 11 is 4.14. The van der Waals surface area contributed by atoms with Crippen LogP contribution in [0.25, 0.3) is 0 Å². The number of nitrogens with one attached hydrogen (secondary N) is 3. The van der Waals surface area contributed by atoms with Crippen molar-refractivity contribution in [3.05, 3.63) is 35.9 Å². The average Bonchev–Trinajstić information content (AvgIpc) is 2.84. The molecule has 5 unspecified atom stereocenters. The highest BCUT2D eigenvalue weighted by Gasteiger charge is 2.32. The molecule has 0 radical (unpaired) electrons. The lowest BCUT2D eigenvalue weighted by Gasteiger charge is -2.27. The van der Waals surface area contributed by atoms with Gasteiger partial charge >= 0.3 is 5.97 Å². The highest BCUT2D eigenvalue weighted by Crippen LogP contribution is 2.10. The van der Waals surface area contributed by atoms with Crippen molar-refractivity contribution >= 4 is 36.3 Å². The summed E-state index contributed by atoms with van der Waals surface area (Å²) in [6.07, 6.45) is 2.29. The molecule has 1 rings (SSSR count). The summed E-state index contributed by atoms with van der Waals surface area (Å²) in [7, 11) is 0. The second-order valence-electron chi connectivity index (χ2n) is 8.60. The number of unbranched alkanes of at least 4 members (excludes halogenated alkanes) is 1. The van der Waals surface area contributed by atoms with Crippen LogP contribution in [0, 0.1) is 5.92 Å². The van der Waals surface area contributed by atoms with Crippen LogP contribution < -0.4 is 27.4 Å². The number of carbonyl (C=O) groups excluding carboxylic acids is 3. The summed E-state index contributed by atoms with van der Waals surface area (Å²) in [4.78, 5) is 50.0. The van der Waals surface area contributed by atoms with Gasteiger partial charge in [0.1, 0.15) is 18.1 Å². The van der Waals surface area contributed by atoms with Gasteiger partial charge in [-0.15, -0.1) is 0 Å². The number of benzene rings is 1. The van der Waals surface area contributed by atoms with Crippen LogP contribution in [0.5, 0.6) is 0 Å². The van der Waals surface area contributed by atoms with Crippen LogP contribution >= 0.6 is 12.6 Å². The standard InChI is InChI=1S/C24H39N5O5S/c1-3-15(2)20(29-21(30)17(26)13-16-9-5-4-6-10-16)23(32)28-19(14-35)22(31)27-18(24(33)34)11-7-8-12-25/h4-6,9-10,15,17-20,35H,3,7-8,11-14,25-26H2,1-2H3,(H,27,31)(H,28,32)(H,29,30)(H,33,34). The minimum atomic E-state index is -1.17. The van der Waals surface area contributed by atoms with Crippen molar-refractivity contribution in [1.82, 2.24) is 16.0 Å². The molecule has 5 atom stereocenters. The normalized spacial score (nSPS) is 15.2. The van der Waals surface area contributed by atoms with Crippen molar-refractivity contribution in [2.75, 3.05) is 12.3 Å². The fourth-order valence-electron chi connectivity index (χ4n) is 3.40. The molecule has 3 amide bonds. The van der Waals surface area contributed by atoms with Gasteiger partial charge in [-0.25, -0.2) is 4.79 Å². The van der Waals surface area contributed by atoms with Gasteiger partial charge in [-0.3, -0.25) is 14.4 Å². The molecule has 0 heterocycles. The van der Waals surface area contributed by atoms with Gasteiger partial charge in [0.15, 0.2) is 0 Å². The molecule has 0 aliphatic heterocycles.